The molecule has 0 aromatic carbocycles. The summed E-state index contributed by atoms with van der Waals surface area (Å²) in [5, 5.41) is 2.22. The number of allylic oxidation sites excluding steroid dienone is 2. The Hall–Kier alpha value is -1.32. The van der Waals surface area contributed by atoms with E-state index in [1.165, 1.54) is 7.11 Å². The maximum atomic E-state index is 11.6. The van der Waals surface area contributed by atoms with E-state index in [9.17, 15) is 9.59 Å². The Balaban J connectivity index is 1.93. The lowest BCUT2D eigenvalue weighted by Gasteiger charge is -2.16. The molecule has 2 amide bonds. The molecule has 4 nitrogen and oxygen atoms in total. The van der Waals surface area contributed by atoms with E-state index in [-0.39, 0.29) is 11.8 Å². The Labute approximate surface area is 82.3 Å². The maximum Gasteiger partial charge on any atom is 0.413 e. The van der Waals surface area contributed by atoms with Crippen LogP contribution in [0.25, 0.3) is 0 Å². The van der Waals surface area contributed by atoms with E-state index in [1.807, 2.05) is 0 Å². The highest BCUT2D eigenvalue weighted by molar-refractivity contribution is 5.93. The fourth-order valence-electron chi connectivity index (χ4n) is 2.33. The molecule has 14 heavy (non-hydrogen) atoms. The van der Waals surface area contributed by atoms with Gasteiger partial charge in [-0.15, -0.1) is 0 Å². The van der Waals surface area contributed by atoms with Crippen molar-refractivity contribution < 1.29 is 14.3 Å². The highest BCUT2D eigenvalue weighted by Crippen LogP contribution is 2.43. The lowest BCUT2D eigenvalue weighted by Crippen LogP contribution is -2.37. The van der Waals surface area contributed by atoms with E-state index in [0.717, 1.165) is 12.8 Å². The predicted molar refractivity (Wildman–Crippen MR) is 49.4 cm³/mol. The fourth-order valence-corrected chi connectivity index (χ4v) is 2.33. The normalized spacial score (nSPS) is 33.1. The van der Waals surface area contributed by atoms with E-state index in [1.54, 1.807) is 0 Å². The topological polar surface area (TPSA) is 55.4 Å². The quantitative estimate of drug-likeness (QED) is 0.637. The van der Waals surface area contributed by atoms with Crippen LogP contribution in [0.4, 0.5) is 4.79 Å². The van der Waals surface area contributed by atoms with Crippen LogP contribution in [-0.2, 0) is 9.53 Å². The van der Waals surface area contributed by atoms with E-state index >= 15 is 0 Å². The van der Waals surface area contributed by atoms with Crippen LogP contribution in [0.1, 0.15) is 12.8 Å². The van der Waals surface area contributed by atoms with Crippen LogP contribution in [0.3, 0.4) is 0 Å². The number of methoxy groups -OCH3 is 1. The van der Waals surface area contributed by atoms with Crippen LogP contribution in [-0.4, -0.2) is 19.1 Å². The molecule has 1 N–H and O–H groups in total. The summed E-state index contributed by atoms with van der Waals surface area (Å²) in [6, 6.07) is 0. The number of imide groups is 1. The Bertz CT molecular complexity index is 298. The Morgan fingerprint density at radius 3 is 2.64 bits per heavy atom. The Morgan fingerprint density at radius 2 is 2.14 bits per heavy atom. The first kappa shape index (κ1) is 9.24. The van der Waals surface area contributed by atoms with Gasteiger partial charge in [0.25, 0.3) is 0 Å². The monoisotopic (exact) mass is 195 g/mol. The minimum Gasteiger partial charge on any atom is -0.453 e. The van der Waals surface area contributed by atoms with Crippen LogP contribution in [0.5, 0.6) is 0 Å². The average Bonchev–Trinajstić information content (AvgIpc) is 2.78. The number of carbonyl (C=O) groups excluding carboxylic acids is 2. The van der Waals surface area contributed by atoms with Crippen molar-refractivity contribution in [3.63, 3.8) is 0 Å². The van der Waals surface area contributed by atoms with Crippen LogP contribution < -0.4 is 5.32 Å². The first-order chi connectivity index (χ1) is 6.70. The van der Waals surface area contributed by atoms with Crippen molar-refractivity contribution >= 4 is 12.0 Å². The summed E-state index contributed by atoms with van der Waals surface area (Å²) in [7, 11) is 1.25. The highest BCUT2D eigenvalue weighted by atomic mass is 16.5. The maximum absolute atomic E-state index is 11.6. The second-order valence-corrected chi connectivity index (χ2v) is 3.87. The van der Waals surface area contributed by atoms with E-state index in [4.69, 9.17) is 0 Å². The molecule has 0 aliphatic heterocycles. The zero-order valence-corrected chi connectivity index (χ0v) is 8.03. The van der Waals surface area contributed by atoms with Crippen LogP contribution >= 0.6 is 0 Å². The van der Waals surface area contributed by atoms with Crippen LogP contribution in [0, 0.1) is 17.8 Å². The number of amides is 2. The molecule has 0 aromatic rings. The van der Waals surface area contributed by atoms with Gasteiger partial charge in [-0.05, 0) is 24.7 Å². The Morgan fingerprint density at radius 1 is 1.36 bits per heavy atom. The average molecular weight is 195 g/mol. The van der Waals surface area contributed by atoms with Crippen molar-refractivity contribution in [2.75, 3.05) is 7.11 Å². The van der Waals surface area contributed by atoms with Gasteiger partial charge < -0.3 is 4.74 Å². The third-order valence-electron chi connectivity index (χ3n) is 3.03. The van der Waals surface area contributed by atoms with Gasteiger partial charge in [0, 0.05) is 5.92 Å². The first-order valence-electron chi connectivity index (χ1n) is 4.78. The molecule has 2 aliphatic rings. The van der Waals surface area contributed by atoms with Crippen molar-refractivity contribution in [2.45, 2.75) is 12.8 Å². The van der Waals surface area contributed by atoms with E-state index < -0.39 is 6.09 Å². The molecule has 2 aliphatic carbocycles. The van der Waals surface area contributed by atoms with Gasteiger partial charge in [0.1, 0.15) is 0 Å². The largest absolute Gasteiger partial charge is 0.453 e. The first-order valence-corrected chi connectivity index (χ1v) is 4.78. The predicted octanol–water partition coefficient (Wildman–Crippen LogP) is 1.08. The van der Waals surface area contributed by atoms with E-state index in [0.29, 0.717) is 11.8 Å². The van der Waals surface area contributed by atoms with Crippen LogP contribution in [0.2, 0.25) is 0 Å². The summed E-state index contributed by atoms with van der Waals surface area (Å²) < 4.78 is 4.37. The lowest BCUT2D eigenvalue weighted by atomic mass is 9.93. The van der Waals surface area contributed by atoms with Crippen molar-refractivity contribution in [3.05, 3.63) is 12.2 Å². The highest BCUT2D eigenvalue weighted by Gasteiger charge is 2.40. The van der Waals surface area contributed by atoms with Crippen molar-refractivity contribution in [1.82, 2.24) is 5.32 Å². The zero-order valence-electron chi connectivity index (χ0n) is 8.03. The summed E-state index contributed by atoms with van der Waals surface area (Å²) >= 11 is 0. The van der Waals surface area contributed by atoms with Gasteiger partial charge in [-0.1, -0.05) is 12.2 Å². The summed E-state index contributed by atoms with van der Waals surface area (Å²) in [5.41, 5.74) is 0. The molecular weight excluding hydrogens is 182 g/mol. The molecule has 0 spiro atoms. The number of hydrogen-bond donors (Lipinski definition) is 1. The smallest absolute Gasteiger partial charge is 0.413 e. The number of fused-ring (bicyclic) bond motifs is 2. The number of carbonyl (C=O) groups is 2. The van der Waals surface area contributed by atoms with Crippen molar-refractivity contribution in [3.8, 4) is 0 Å². The number of ether oxygens (including phenoxy) is 1. The molecule has 0 heterocycles. The summed E-state index contributed by atoms with van der Waals surface area (Å²) in [6.45, 7) is 0. The summed E-state index contributed by atoms with van der Waals surface area (Å²) in [4.78, 5) is 22.4. The standard InChI is InChI=1S/C10H13NO3/c1-14-10(13)11-9(12)8-5-6-2-3-7(8)4-6/h2-3,6-8H,4-5H2,1H3,(H,11,12,13). The number of nitrogens with one attached hydrogen (secondary N) is 1. The zero-order chi connectivity index (χ0) is 10.1. The Kier molecular flexibility index (Phi) is 2.27. The SMILES string of the molecule is COC(=O)NC(=O)C1CC2C=CC1C2. The summed E-state index contributed by atoms with van der Waals surface area (Å²) in [6.07, 6.45) is 5.49. The molecule has 2 rings (SSSR count). The van der Waals surface area contributed by atoms with Crippen LogP contribution in [0.15, 0.2) is 12.2 Å². The summed E-state index contributed by atoms with van der Waals surface area (Å²) in [5.74, 6) is 0.621. The third kappa shape index (κ3) is 1.52. The van der Waals surface area contributed by atoms with Gasteiger partial charge >= 0.3 is 6.09 Å². The minimum atomic E-state index is -0.665. The molecule has 76 valence electrons. The van der Waals surface area contributed by atoms with Gasteiger partial charge in [-0.3, -0.25) is 10.1 Å². The molecule has 2 bridgehead atoms. The number of alkyl carbamates (subject to hydrolysis) is 1. The molecule has 1 fully saturated rings. The second kappa shape index (κ2) is 3.44. The second-order valence-electron chi connectivity index (χ2n) is 3.87. The molecule has 3 unspecified atom stereocenters. The molecule has 0 saturated heterocycles. The van der Waals surface area contributed by atoms with Gasteiger partial charge in [0.05, 0.1) is 7.11 Å². The molecule has 0 radical (unpaired) electrons. The molecule has 4 heteroatoms. The molecular formula is C10H13NO3. The number of rotatable bonds is 1. The lowest BCUT2D eigenvalue weighted by molar-refractivity contribution is -0.124. The number of hydrogen-bond acceptors (Lipinski definition) is 3. The third-order valence-corrected chi connectivity index (χ3v) is 3.03. The van der Waals surface area contributed by atoms with Gasteiger partial charge in [0.15, 0.2) is 0 Å². The minimum absolute atomic E-state index is 0.0379. The van der Waals surface area contributed by atoms with Crippen molar-refractivity contribution in [1.29, 1.82) is 0 Å². The fraction of sp³-hybridized carbons (Fsp3) is 0.600. The van der Waals surface area contributed by atoms with Gasteiger partial charge in [-0.25, -0.2) is 4.79 Å². The van der Waals surface area contributed by atoms with Gasteiger partial charge in [0.2, 0.25) is 5.91 Å². The van der Waals surface area contributed by atoms with E-state index in [2.05, 4.69) is 22.2 Å². The molecule has 0 aromatic heterocycles. The molecule has 1 saturated carbocycles. The molecule has 3 atom stereocenters. The van der Waals surface area contributed by atoms with Gasteiger partial charge in [-0.2, -0.15) is 0 Å². The van der Waals surface area contributed by atoms with Crippen molar-refractivity contribution in [2.24, 2.45) is 17.8 Å².